The minimum Gasteiger partial charge on any atom is -0.493 e. The molecule has 2 aromatic carbocycles. The summed E-state index contributed by atoms with van der Waals surface area (Å²) in [5, 5.41) is 0.489. The van der Waals surface area contributed by atoms with Gasteiger partial charge in [0, 0.05) is 10.7 Å². The number of hydrogen-bond acceptors (Lipinski definition) is 4. The predicted octanol–water partition coefficient (Wildman–Crippen LogP) is 4.74. The second-order valence-electron chi connectivity index (χ2n) is 5.43. The quantitative estimate of drug-likeness (QED) is 0.440. The summed E-state index contributed by atoms with van der Waals surface area (Å²) in [5.41, 5.74) is 1.78. The molecule has 0 radical (unpaired) electrons. The lowest BCUT2D eigenvalue weighted by molar-refractivity contribution is -0.115. The fourth-order valence-electron chi connectivity index (χ4n) is 2.69. The van der Waals surface area contributed by atoms with Crippen LogP contribution in [0.5, 0.6) is 11.5 Å². The van der Waals surface area contributed by atoms with Gasteiger partial charge in [-0.05, 0) is 64.6 Å². The van der Waals surface area contributed by atoms with Crippen LogP contribution in [-0.2, 0) is 4.79 Å². The third-order valence-electron chi connectivity index (χ3n) is 3.81. The molecule has 1 aliphatic heterocycles. The smallest absolute Gasteiger partial charge is 0.238 e. The van der Waals surface area contributed by atoms with Gasteiger partial charge in [-0.1, -0.05) is 17.5 Å². The van der Waals surface area contributed by atoms with Crippen molar-refractivity contribution in [3.8, 4) is 23.8 Å². The molecule has 0 spiro atoms. The molecular formula is C19H15ClINO3S. The Balaban J connectivity index is 1.99. The van der Waals surface area contributed by atoms with E-state index in [0.717, 1.165) is 14.8 Å². The number of rotatable bonds is 5. The molecule has 1 amide bonds. The molecule has 2 aromatic rings. The first-order valence-corrected chi connectivity index (χ1v) is 10.2. The molecule has 0 bridgehead atoms. The number of methoxy groups -OCH3 is 1. The fraction of sp³-hybridized carbons (Fsp3) is 0.211. The number of thioether (sulfide) groups is 1. The van der Waals surface area contributed by atoms with Gasteiger partial charge < -0.3 is 9.47 Å². The number of nitrogens with zero attached hydrogens (tertiary/aromatic N) is 1. The van der Waals surface area contributed by atoms with Crippen LogP contribution in [0.15, 0.2) is 36.4 Å². The van der Waals surface area contributed by atoms with Crippen molar-refractivity contribution in [3.05, 3.63) is 50.6 Å². The Morgan fingerprint density at radius 1 is 1.38 bits per heavy atom. The number of amides is 1. The number of halogens is 2. The SMILES string of the molecule is C#CCOc1c(I)cc([C@H]2SCC(=O)N2c2ccc(Cl)cc2)cc1OC. The zero-order chi connectivity index (χ0) is 18.7. The van der Waals surface area contributed by atoms with Gasteiger partial charge >= 0.3 is 0 Å². The van der Waals surface area contributed by atoms with Crippen molar-refractivity contribution >= 4 is 57.5 Å². The molecule has 1 saturated heterocycles. The zero-order valence-electron chi connectivity index (χ0n) is 13.9. The lowest BCUT2D eigenvalue weighted by Crippen LogP contribution is -2.27. The second kappa shape index (κ2) is 8.42. The molecule has 0 saturated carbocycles. The van der Waals surface area contributed by atoms with Crippen LogP contribution in [0.1, 0.15) is 10.9 Å². The molecule has 0 aromatic heterocycles. The normalized spacial score (nSPS) is 16.5. The molecule has 0 N–H and O–H groups in total. The van der Waals surface area contributed by atoms with E-state index >= 15 is 0 Å². The van der Waals surface area contributed by atoms with Crippen LogP contribution < -0.4 is 14.4 Å². The number of hydrogen-bond donors (Lipinski definition) is 0. The Morgan fingerprint density at radius 2 is 2.12 bits per heavy atom. The Morgan fingerprint density at radius 3 is 2.77 bits per heavy atom. The maximum Gasteiger partial charge on any atom is 0.238 e. The summed E-state index contributed by atoms with van der Waals surface area (Å²) in [4.78, 5) is 14.3. The second-order valence-corrected chi connectivity index (χ2v) is 8.10. The van der Waals surface area contributed by atoms with E-state index in [1.807, 2.05) is 24.3 Å². The van der Waals surface area contributed by atoms with Gasteiger partial charge in [0.1, 0.15) is 12.0 Å². The van der Waals surface area contributed by atoms with E-state index in [-0.39, 0.29) is 17.9 Å². The molecule has 7 heteroatoms. The monoisotopic (exact) mass is 499 g/mol. The average molecular weight is 500 g/mol. The van der Waals surface area contributed by atoms with Crippen LogP contribution in [-0.4, -0.2) is 25.4 Å². The van der Waals surface area contributed by atoms with Crippen LogP contribution in [0.3, 0.4) is 0 Å². The molecule has 0 aliphatic carbocycles. The predicted molar refractivity (Wildman–Crippen MR) is 114 cm³/mol. The van der Waals surface area contributed by atoms with Crippen molar-refractivity contribution in [2.24, 2.45) is 0 Å². The first kappa shape index (κ1) is 19.2. The first-order chi connectivity index (χ1) is 12.5. The molecule has 26 heavy (non-hydrogen) atoms. The average Bonchev–Trinajstić information content (AvgIpc) is 3.02. The van der Waals surface area contributed by atoms with Crippen molar-refractivity contribution in [3.63, 3.8) is 0 Å². The van der Waals surface area contributed by atoms with Crippen LogP contribution in [0, 0.1) is 15.9 Å². The summed E-state index contributed by atoms with van der Waals surface area (Å²) in [5.74, 6) is 4.14. The number of carbonyl (C=O) groups is 1. The molecule has 1 aliphatic rings. The minimum absolute atomic E-state index is 0.0592. The van der Waals surface area contributed by atoms with E-state index in [1.54, 1.807) is 35.9 Å². The fourth-order valence-corrected chi connectivity index (χ4v) is 4.75. The maximum absolute atomic E-state index is 12.5. The van der Waals surface area contributed by atoms with Gasteiger partial charge in [0.25, 0.3) is 0 Å². The van der Waals surface area contributed by atoms with E-state index in [4.69, 9.17) is 27.5 Å². The van der Waals surface area contributed by atoms with Gasteiger partial charge in [0.15, 0.2) is 11.5 Å². The number of benzene rings is 2. The zero-order valence-corrected chi connectivity index (χ0v) is 17.6. The topological polar surface area (TPSA) is 38.8 Å². The molecule has 3 rings (SSSR count). The highest BCUT2D eigenvalue weighted by atomic mass is 127. The van der Waals surface area contributed by atoms with Crippen LogP contribution in [0.2, 0.25) is 5.02 Å². The first-order valence-electron chi connectivity index (χ1n) is 7.68. The van der Waals surface area contributed by atoms with E-state index in [1.165, 1.54) is 0 Å². The summed E-state index contributed by atoms with van der Waals surface area (Å²) < 4.78 is 12.0. The lowest BCUT2D eigenvalue weighted by atomic mass is 10.1. The van der Waals surface area contributed by atoms with Gasteiger partial charge in [0.2, 0.25) is 5.91 Å². The van der Waals surface area contributed by atoms with E-state index in [2.05, 4.69) is 28.5 Å². The standard InChI is InChI=1S/C19H15ClINO3S/c1-3-8-25-18-15(21)9-12(10-16(18)24-2)19-22(17(23)11-26-19)14-6-4-13(20)5-7-14/h1,4-7,9-10,19H,8,11H2,2H3/t19-/m1/s1. The summed E-state index contributed by atoms with van der Waals surface area (Å²) in [7, 11) is 1.59. The lowest BCUT2D eigenvalue weighted by Gasteiger charge is -2.25. The van der Waals surface area contributed by atoms with Gasteiger partial charge in [0.05, 0.1) is 16.4 Å². The molecule has 4 nitrogen and oxygen atoms in total. The van der Waals surface area contributed by atoms with Crippen molar-refractivity contribution in [2.75, 3.05) is 24.4 Å². The van der Waals surface area contributed by atoms with E-state index < -0.39 is 0 Å². The number of carbonyl (C=O) groups excluding carboxylic acids is 1. The largest absolute Gasteiger partial charge is 0.493 e. The highest BCUT2D eigenvalue weighted by molar-refractivity contribution is 14.1. The molecule has 1 heterocycles. The van der Waals surface area contributed by atoms with Gasteiger partial charge in [-0.15, -0.1) is 18.2 Å². The number of ether oxygens (including phenoxy) is 2. The molecule has 0 unspecified atom stereocenters. The van der Waals surface area contributed by atoms with Gasteiger partial charge in [-0.25, -0.2) is 0 Å². The third kappa shape index (κ3) is 3.90. The van der Waals surface area contributed by atoms with E-state index in [0.29, 0.717) is 22.3 Å². The summed E-state index contributed by atoms with van der Waals surface area (Å²) in [6.45, 7) is 0.166. The molecular weight excluding hydrogens is 485 g/mol. The highest BCUT2D eigenvalue weighted by Crippen LogP contribution is 2.45. The van der Waals surface area contributed by atoms with E-state index in [9.17, 15) is 4.79 Å². The van der Waals surface area contributed by atoms with Crippen molar-refractivity contribution in [1.29, 1.82) is 0 Å². The third-order valence-corrected chi connectivity index (χ3v) is 6.08. The highest BCUT2D eigenvalue weighted by Gasteiger charge is 2.35. The Bertz CT molecular complexity index is 866. The Labute approximate surface area is 175 Å². The molecule has 1 fully saturated rings. The Kier molecular flexibility index (Phi) is 6.22. The van der Waals surface area contributed by atoms with Gasteiger partial charge in [-0.2, -0.15) is 0 Å². The maximum atomic E-state index is 12.5. The molecule has 134 valence electrons. The number of anilines is 1. The minimum atomic E-state index is -0.146. The van der Waals surface area contributed by atoms with Gasteiger partial charge in [-0.3, -0.25) is 9.69 Å². The summed E-state index contributed by atoms with van der Waals surface area (Å²) >= 11 is 9.74. The summed E-state index contributed by atoms with van der Waals surface area (Å²) in [6, 6.07) is 11.2. The number of terminal acetylenes is 1. The van der Waals surface area contributed by atoms with Crippen LogP contribution in [0.25, 0.3) is 0 Å². The van der Waals surface area contributed by atoms with Crippen molar-refractivity contribution in [1.82, 2.24) is 0 Å². The Hall–Kier alpha value is -1.56. The summed E-state index contributed by atoms with van der Waals surface area (Å²) in [6.07, 6.45) is 5.28. The van der Waals surface area contributed by atoms with Crippen LogP contribution in [0.4, 0.5) is 5.69 Å². The van der Waals surface area contributed by atoms with Crippen molar-refractivity contribution < 1.29 is 14.3 Å². The van der Waals surface area contributed by atoms with Crippen molar-refractivity contribution in [2.45, 2.75) is 5.37 Å². The molecule has 1 atom stereocenters. The van der Waals surface area contributed by atoms with Crippen LogP contribution >= 0.6 is 46.0 Å².